The number of rotatable bonds is 3. The normalized spacial score (nSPS) is 25.4. The lowest BCUT2D eigenvalue weighted by molar-refractivity contribution is -0.132. The van der Waals surface area contributed by atoms with Gasteiger partial charge >= 0.3 is 0 Å². The summed E-state index contributed by atoms with van der Waals surface area (Å²) in [5.41, 5.74) is 0. The van der Waals surface area contributed by atoms with E-state index in [-0.39, 0.29) is 11.9 Å². The molecule has 1 saturated carbocycles. The average molecular weight is 249 g/mol. The van der Waals surface area contributed by atoms with Gasteiger partial charge in [0.05, 0.1) is 12.6 Å². The third-order valence-electron chi connectivity index (χ3n) is 4.30. The van der Waals surface area contributed by atoms with Crippen molar-refractivity contribution in [1.82, 2.24) is 9.80 Å². The van der Waals surface area contributed by atoms with Crippen LogP contribution in [0.25, 0.3) is 0 Å². The molecule has 0 radical (unpaired) electrons. The van der Waals surface area contributed by atoms with Crippen molar-refractivity contribution in [3.63, 3.8) is 0 Å². The molecular weight excluding hydrogens is 226 g/mol. The molecule has 4 nitrogen and oxygen atoms in total. The van der Waals surface area contributed by atoms with Crippen LogP contribution in [0.3, 0.4) is 0 Å². The number of likely N-dealkylation sites (tertiary alicyclic amines) is 1. The van der Waals surface area contributed by atoms with Crippen LogP contribution in [-0.4, -0.2) is 47.9 Å². The minimum Gasteiger partial charge on any atom is -0.326 e. The van der Waals surface area contributed by atoms with Crippen molar-refractivity contribution in [2.75, 3.05) is 20.1 Å². The predicted octanol–water partition coefficient (Wildman–Crippen LogP) is 1.77. The lowest BCUT2D eigenvalue weighted by atomic mass is 9.94. The first-order valence-electron chi connectivity index (χ1n) is 7.11. The van der Waals surface area contributed by atoms with Gasteiger partial charge in [0, 0.05) is 12.6 Å². The summed E-state index contributed by atoms with van der Waals surface area (Å²) in [7, 11) is 2.05. The van der Waals surface area contributed by atoms with Gasteiger partial charge in [0.2, 0.25) is 5.91 Å². The molecule has 1 amide bonds. The van der Waals surface area contributed by atoms with Crippen LogP contribution in [0.4, 0.5) is 0 Å². The van der Waals surface area contributed by atoms with E-state index in [2.05, 4.69) is 11.0 Å². The average Bonchev–Trinajstić information content (AvgIpc) is 2.88. The Balaban J connectivity index is 1.84. The Bertz CT molecular complexity index is 330. The van der Waals surface area contributed by atoms with Gasteiger partial charge in [-0.2, -0.15) is 5.26 Å². The second-order valence-electron chi connectivity index (χ2n) is 5.58. The Hall–Kier alpha value is -1.08. The van der Waals surface area contributed by atoms with Crippen LogP contribution in [0.2, 0.25) is 0 Å². The highest BCUT2D eigenvalue weighted by Crippen LogP contribution is 2.22. The number of hydrogen-bond donors (Lipinski definition) is 0. The molecule has 0 aromatic carbocycles. The van der Waals surface area contributed by atoms with E-state index in [1.54, 1.807) is 4.90 Å². The van der Waals surface area contributed by atoms with E-state index in [1.807, 2.05) is 7.05 Å². The molecule has 0 unspecified atom stereocenters. The van der Waals surface area contributed by atoms with Gasteiger partial charge in [-0.3, -0.25) is 9.69 Å². The summed E-state index contributed by atoms with van der Waals surface area (Å²) in [6, 6.07) is 2.61. The van der Waals surface area contributed by atoms with Gasteiger partial charge in [-0.1, -0.05) is 19.3 Å². The minimum absolute atomic E-state index is 0.132. The largest absolute Gasteiger partial charge is 0.326 e. The molecule has 2 aliphatic rings. The maximum absolute atomic E-state index is 12.2. The van der Waals surface area contributed by atoms with E-state index >= 15 is 0 Å². The number of amides is 1. The highest BCUT2D eigenvalue weighted by Gasteiger charge is 2.30. The van der Waals surface area contributed by atoms with Crippen LogP contribution >= 0.6 is 0 Å². The molecule has 0 aromatic rings. The summed E-state index contributed by atoms with van der Waals surface area (Å²) in [5, 5.41) is 9.01. The molecule has 0 N–H and O–H groups in total. The molecule has 2 fully saturated rings. The fraction of sp³-hybridized carbons (Fsp3) is 0.857. The Labute approximate surface area is 110 Å². The molecule has 2 rings (SSSR count). The van der Waals surface area contributed by atoms with E-state index < -0.39 is 0 Å². The first kappa shape index (κ1) is 13.4. The van der Waals surface area contributed by atoms with Gasteiger partial charge < -0.3 is 4.90 Å². The van der Waals surface area contributed by atoms with Crippen molar-refractivity contribution < 1.29 is 4.79 Å². The summed E-state index contributed by atoms with van der Waals surface area (Å²) >= 11 is 0. The number of likely N-dealkylation sites (N-methyl/N-ethyl adjacent to an activating group) is 1. The molecule has 1 atom stereocenters. The molecule has 1 aliphatic heterocycles. The molecule has 1 saturated heterocycles. The molecular formula is C14H23N3O. The van der Waals surface area contributed by atoms with Crippen molar-refractivity contribution in [2.45, 2.75) is 57.0 Å². The summed E-state index contributed by atoms with van der Waals surface area (Å²) in [4.78, 5) is 16.2. The van der Waals surface area contributed by atoms with Gasteiger partial charge in [0.15, 0.2) is 0 Å². The molecule has 0 bridgehead atoms. The maximum atomic E-state index is 12.2. The summed E-state index contributed by atoms with van der Waals surface area (Å²) < 4.78 is 0. The fourth-order valence-corrected chi connectivity index (χ4v) is 3.15. The fourth-order valence-electron chi connectivity index (χ4n) is 3.15. The second-order valence-corrected chi connectivity index (χ2v) is 5.58. The standard InChI is InChI=1S/C14H23N3O/c1-16(12-6-3-2-4-7-12)11-14(18)17-9-5-8-13(17)10-15/h12-13H,2-9,11H2,1H3/t13-/m0/s1. The molecule has 0 spiro atoms. The lowest BCUT2D eigenvalue weighted by Crippen LogP contribution is -2.44. The summed E-state index contributed by atoms with van der Waals surface area (Å²) in [5.74, 6) is 0.132. The Morgan fingerprint density at radius 1 is 1.28 bits per heavy atom. The van der Waals surface area contributed by atoms with Crippen LogP contribution in [0.15, 0.2) is 0 Å². The zero-order valence-corrected chi connectivity index (χ0v) is 11.3. The van der Waals surface area contributed by atoms with Crippen molar-refractivity contribution in [1.29, 1.82) is 5.26 Å². The van der Waals surface area contributed by atoms with Crippen molar-refractivity contribution in [3.05, 3.63) is 0 Å². The zero-order chi connectivity index (χ0) is 13.0. The monoisotopic (exact) mass is 249 g/mol. The Kier molecular flexibility index (Phi) is 4.60. The smallest absolute Gasteiger partial charge is 0.237 e. The number of nitrogens with zero attached hydrogens (tertiary/aromatic N) is 3. The van der Waals surface area contributed by atoms with Crippen LogP contribution in [0.5, 0.6) is 0 Å². The van der Waals surface area contributed by atoms with E-state index in [4.69, 9.17) is 5.26 Å². The zero-order valence-electron chi connectivity index (χ0n) is 11.3. The first-order valence-corrected chi connectivity index (χ1v) is 7.11. The van der Waals surface area contributed by atoms with Gasteiger partial charge in [-0.05, 0) is 32.7 Å². The van der Waals surface area contributed by atoms with Gasteiger partial charge in [0.1, 0.15) is 6.04 Å². The number of nitriles is 1. The lowest BCUT2D eigenvalue weighted by Gasteiger charge is -2.32. The molecule has 18 heavy (non-hydrogen) atoms. The SMILES string of the molecule is CN(CC(=O)N1CCC[C@H]1C#N)C1CCCCC1. The topological polar surface area (TPSA) is 47.3 Å². The maximum Gasteiger partial charge on any atom is 0.237 e. The van der Waals surface area contributed by atoms with Gasteiger partial charge in [0.25, 0.3) is 0 Å². The van der Waals surface area contributed by atoms with Crippen LogP contribution in [0, 0.1) is 11.3 Å². The predicted molar refractivity (Wildman–Crippen MR) is 69.9 cm³/mol. The van der Waals surface area contributed by atoms with Crippen LogP contribution < -0.4 is 0 Å². The number of carbonyl (C=O) groups excluding carboxylic acids is 1. The van der Waals surface area contributed by atoms with E-state index in [0.717, 1.165) is 19.4 Å². The Morgan fingerprint density at radius 3 is 2.67 bits per heavy atom. The van der Waals surface area contributed by atoms with Gasteiger partial charge in [-0.25, -0.2) is 0 Å². The minimum atomic E-state index is -0.183. The summed E-state index contributed by atoms with van der Waals surface area (Å²) in [6.45, 7) is 1.23. The van der Waals surface area contributed by atoms with Crippen LogP contribution in [0.1, 0.15) is 44.9 Å². The van der Waals surface area contributed by atoms with Crippen molar-refractivity contribution >= 4 is 5.91 Å². The second kappa shape index (κ2) is 6.19. The van der Waals surface area contributed by atoms with Gasteiger partial charge in [-0.15, -0.1) is 0 Å². The Morgan fingerprint density at radius 2 is 2.00 bits per heavy atom. The molecule has 0 aromatic heterocycles. The third-order valence-corrected chi connectivity index (χ3v) is 4.30. The third kappa shape index (κ3) is 3.02. The quantitative estimate of drug-likeness (QED) is 0.766. The number of carbonyl (C=O) groups is 1. The molecule has 1 heterocycles. The highest BCUT2D eigenvalue weighted by atomic mass is 16.2. The molecule has 100 valence electrons. The first-order chi connectivity index (χ1) is 8.72. The van der Waals surface area contributed by atoms with Crippen molar-refractivity contribution in [3.8, 4) is 6.07 Å². The van der Waals surface area contributed by atoms with E-state index in [9.17, 15) is 4.79 Å². The molecule has 4 heteroatoms. The van der Waals surface area contributed by atoms with E-state index in [0.29, 0.717) is 12.6 Å². The van der Waals surface area contributed by atoms with Crippen LogP contribution in [-0.2, 0) is 4.79 Å². The number of hydrogen-bond acceptors (Lipinski definition) is 3. The highest BCUT2D eigenvalue weighted by molar-refractivity contribution is 5.79. The van der Waals surface area contributed by atoms with E-state index in [1.165, 1.54) is 32.1 Å². The summed E-state index contributed by atoms with van der Waals surface area (Å²) in [6.07, 6.45) is 8.14. The molecule has 1 aliphatic carbocycles. The van der Waals surface area contributed by atoms with Crippen molar-refractivity contribution in [2.24, 2.45) is 0 Å².